The van der Waals surface area contributed by atoms with Crippen molar-refractivity contribution in [2.45, 2.75) is 39.0 Å². The maximum atomic E-state index is 11.4. The third kappa shape index (κ3) is 5.73. The molecule has 1 rings (SSSR count). The van der Waals surface area contributed by atoms with E-state index < -0.39 is 0 Å². The lowest BCUT2D eigenvalue weighted by Crippen LogP contribution is -2.33. The minimum atomic E-state index is -0.126. The van der Waals surface area contributed by atoms with Gasteiger partial charge in [0.2, 0.25) is 0 Å². The number of amides is 2. The molecular weight excluding hydrogens is 216 g/mol. The Bertz CT molecular complexity index is 258. The fraction of sp³-hybridized carbons (Fsp3) is 0.769. The molecular formula is C13H24N2O2. The van der Waals surface area contributed by atoms with Gasteiger partial charge in [0.25, 0.3) is 0 Å². The highest BCUT2D eigenvalue weighted by Crippen LogP contribution is 2.30. The number of ether oxygens (including phenoxy) is 1. The Balaban J connectivity index is 2.15. The number of methoxy groups -OCH3 is 1. The largest absolute Gasteiger partial charge is 0.385 e. The highest BCUT2D eigenvalue weighted by molar-refractivity contribution is 5.74. The minimum Gasteiger partial charge on any atom is -0.385 e. The molecule has 1 aliphatic carbocycles. The van der Waals surface area contributed by atoms with Gasteiger partial charge in [0.1, 0.15) is 0 Å². The number of nitrogens with one attached hydrogen (secondary N) is 2. The normalized spacial score (nSPS) is 17.2. The van der Waals surface area contributed by atoms with Gasteiger partial charge in [-0.3, -0.25) is 0 Å². The maximum absolute atomic E-state index is 11.4. The molecule has 0 bridgehead atoms. The summed E-state index contributed by atoms with van der Waals surface area (Å²) in [6.45, 7) is 3.43. The first-order chi connectivity index (χ1) is 8.24. The average Bonchev–Trinajstić information content (AvgIpc) is 2.85. The SMILES string of the molecule is COCCCNC(=O)N/C=C(\C)C1CCCC1. The van der Waals surface area contributed by atoms with Crippen molar-refractivity contribution in [1.29, 1.82) is 0 Å². The summed E-state index contributed by atoms with van der Waals surface area (Å²) >= 11 is 0. The number of allylic oxidation sites excluding steroid dienone is 1. The monoisotopic (exact) mass is 240 g/mol. The van der Waals surface area contributed by atoms with Crippen molar-refractivity contribution in [2.75, 3.05) is 20.3 Å². The van der Waals surface area contributed by atoms with Crippen LogP contribution < -0.4 is 10.6 Å². The van der Waals surface area contributed by atoms with Crippen LogP contribution in [0.4, 0.5) is 4.79 Å². The summed E-state index contributed by atoms with van der Waals surface area (Å²) < 4.78 is 4.91. The first-order valence-electron chi connectivity index (χ1n) is 6.44. The first-order valence-corrected chi connectivity index (χ1v) is 6.44. The summed E-state index contributed by atoms with van der Waals surface area (Å²) in [7, 11) is 1.66. The Labute approximate surface area is 104 Å². The number of hydrogen-bond acceptors (Lipinski definition) is 2. The third-order valence-corrected chi connectivity index (χ3v) is 3.24. The fourth-order valence-corrected chi connectivity index (χ4v) is 2.15. The average molecular weight is 240 g/mol. The van der Waals surface area contributed by atoms with E-state index >= 15 is 0 Å². The van der Waals surface area contributed by atoms with E-state index in [2.05, 4.69) is 17.6 Å². The molecule has 98 valence electrons. The van der Waals surface area contributed by atoms with E-state index in [1.54, 1.807) is 7.11 Å². The predicted molar refractivity (Wildman–Crippen MR) is 68.7 cm³/mol. The van der Waals surface area contributed by atoms with Gasteiger partial charge in [0.05, 0.1) is 0 Å². The van der Waals surface area contributed by atoms with Crippen molar-refractivity contribution >= 4 is 6.03 Å². The Morgan fingerprint density at radius 3 is 2.76 bits per heavy atom. The highest BCUT2D eigenvalue weighted by atomic mass is 16.5. The lowest BCUT2D eigenvalue weighted by Gasteiger charge is -2.10. The van der Waals surface area contributed by atoms with Gasteiger partial charge in [0, 0.05) is 26.5 Å². The quantitative estimate of drug-likeness (QED) is 0.700. The van der Waals surface area contributed by atoms with Crippen molar-refractivity contribution < 1.29 is 9.53 Å². The number of rotatable bonds is 6. The van der Waals surface area contributed by atoms with E-state index in [1.807, 2.05) is 6.20 Å². The van der Waals surface area contributed by atoms with Crippen molar-refractivity contribution in [3.8, 4) is 0 Å². The van der Waals surface area contributed by atoms with Crippen LogP contribution >= 0.6 is 0 Å². The van der Waals surface area contributed by atoms with Crippen molar-refractivity contribution in [2.24, 2.45) is 5.92 Å². The summed E-state index contributed by atoms with van der Waals surface area (Å²) in [5, 5.41) is 5.57. The van der Waals surface area contributed by atoms with E-state index in [0.29, 0.717) is 19.1 Å². The van der Waals surface area contributed by atoms with Crippen LogP contribution in [0.25, 0.3) is 0 Å². The molecule has 0 heterocycles. The van der Waals surface area contributed by atoms with Gasteiger partial charge in [-0.25, -0.2) is 4.79 Å². The zero-order valence-corrected chi connectivity index (χ0v) is 10.9. The molecule has 17 heavy (non-hydrogen) atoms. The maximum Gasteiger partial charge on any atom is 0.318 e. The van der Waals surface area contributed by atoms with Crippen LogP contribution in [0.5, 0.6) is 0 Å². The van der Waals surface area contributed by atoms with Crippen LogP contribution in [0.2, 0.25) is 0 Å². The zero-order valence-electron chi connectivity index (χ0n) is 10.9. The van der Waals surface area contributed by atoms with Gasteiger partial charge in [-0.1, -0.05) is 18.4 Å². The highest BCUT2D eigenvalue weighted by Gasteiger charge is 2.16. The van der Waals surface area contributed by atoms with Gasteiger partial charge in [-0.2, -0.15) is 0 Å². The Kier molecular flexibility index (Phi) is 6.70. The number of carbonyl (C=O) groups is 1. The molecule has 0 unspecified atom stereocenters. The van der Waals surface area contributed by atoms with Gasteiger partial charge in [0.15, 0.2) is 0 Å². The summed E-state index contributed by atoms with van der Waals surface area (Å²) in [6, 6.07) is -0.126. The van der Waals surface area contributed by atoms with E-state index in [4.69, 9.17) is 4.74 Å². The zero-order chi connectivity index (χ0) is 12.5. The first kappa shape index (κ1) is 14.0. The summed E-state index contributed by atoms with van der Waals surface area (Å²) in [5.74, 6) is 0.670. The van der Waals surface area contributed by atoms with Gasteiger partial charge in [-0.05, 0) is 32.1 Å². The molecule has 2 amide bonds. The van der Waals surface area contributed by atoms with Crippen molar-refractivity contribution in [1.82, 2.24) is 10.6 Å². The molecule has 0 aromatic rings. The molecule has 4 nitrogen and oxygen atoms in total. The minimum absolute atomic E-state index is 0.126. The third-order valence-electron chi connectivity index (χ3n) is 3.24. The van der Waals surface area contributed by atoms with Crippen LogP contribution in [0.15, 0.2) is 11.8 Å². The molecule has 2 N–H and O–H groups in total. The van der Waals surface area contributed by atoms with Crippen LogP contribution in [0.1, 0.15) is 39.0 Å². The molecule has 0 atom stereocenters. The van der Waals surface area contributed by atoms with Crippen LogP contribution in [-0.4, -0.2) is 26.3 Å². The van der Waals surface area contributed by atoms with Crippen LogP contribution in [0.3, 0.4) is 0 Å². The van der Waals surface area contributed by atoms with Gasteiger partial charge >= 0.3 is 6.03 Å². The lowest BCUT2D eigenvalue weighted by molar-refractivity contribution is 0.193. The standard InChI is InChI=1S/C13H24N2O2/c1-11(12-6-3-4-7-12)10-15-13(16)14-8-5-9-17-2/h10,12H,3-9H2,1-2H3,(H2,14,15,16)/b11-10+. The fourth-order valence-electron chi connectivity index (χ4n) is 2.15. The molecule has 0 aromatic carbocycles. The Hall–Kier alpha value is -1.03. The molecule has 1 aliphatic rings. The smallest absolute Gasteiger partial charge is 0.318 e. The lowest BCUT2D eigenvalue weighted by atomic mass is 10.0. The second-order valence-electron chi connectivity index (χ2n) is 4.62. The second-order valence-corrected chi connectivity index (χ2v) is 4.62. The van der Waals surface area contributed by atoms with Crippen molar-refractivity contribution in [3.05, 3.63) is 11.8 Å². The molecule has 0 spiro atoms. The van der Waals surface area contributed by atoms with Crippen molar-refractivity contribution in [3.63, 3.8) is 0 Å². The van der Waals surface area contributed by atoms with E-state index in [1.165, 1.54) is 31.3 Å². The number of urea groups is 1. The van der Waals surface area contributed by atoms with Gasteiger partial charge in [-0.15, -0.1) is 0 Å². The summed E-state index contributed by atoms with van der Waals surface area (Å²) in [5.41, 5.74) is 1.29. The number of hydrogen-bond donors (Lipinski definition) is 2. The van der Waals surface area contributed by atoms with Crippen LogP contribution in [0, 0.1) is 5.92 Å². The molecule has 4 heteroatoms. The molecule has 1 saturated carbocycles. The molecule has 0 radical (unpaired) electrons. The molecule has 0 aliphatic heterocycles. The molecule has 0 saturated heterocycles. The van der Waals surface area contributed by atoms with Crippen LogP contribution in [-0.2, 0) is 4.74 Å². The van der Waals surface area contributed by atoms with Gasteiger partial charge < -0.3 is 15.4 Å². The molecule has 0 aromatic heterocycles. The topological polar surface area (TPSA) is 50.4 Å². The second kappa shape index (κ2) is 8.12. The van der Waals surface area contributed by atoms with E-state index in [-0.39, 0.29) is 6.03 Å². The predicted octanol–water partition coefficient (Wildman–Crippen LogP) is 2.42. The Morgan fingerprint density at radius 2 is 2.12 bits per heavy atom. The Morgan fingerprint density at radius 1 is 1.41 bits per heavy atom. The van der Waals surface area contributed by atoms with E-state index in [9.17, 15) is 4.79 Å². The molecule has 1 fully saturated rings. The summed E-state index contributed by atoms with van der Waals surface area (Å²) in [6.07, 6.45) is 7.86. The number of carbonyl (C=O) groups excluding carboxylic acids is 1. The summed E-state index contributed by atoms with van der Waals surface area (Å²) in [4.78, 5) is 11.4. The van der Waals surface area contributed by atoms with E-state index in [0.717, 1.165) is 6.42 Å².